The molecule has 0 bridgehead atoms. The van der Waals surface area contributed by atoms with E-state index in [1.54, 1.807) is 0 Å². The second-order valence-electron chi connectivity index (χ2n) is 5.84. The van der Waals surface area contributed by atoms with E-state index in [4.69, 9.17) is 16.3 Å². The Hall–Kier alpha value is -1.33. The second kappa shape index (κ2) is 6.42. The van der Waals surface area contributed by atoms with Gasteiger partial charge in [-0.2, -0.15) is 0 Å². The fourth-order valence-corrected chi connectivity index (χ4v) is 3.56. The molecule has 120 valence electrons. The lowest BCUT2D eigenvalue weighted by atomic mass is 10.0. The molecule has 3 heterocycles. The van der Waals surface area contributed by atoms with Gasteiger partial charge >= 0.3 is 0 Å². The highest BCUT2D eigenvalue weighted by Crippen LogP contribution is 2.30. The Morgan fingerprint density at radius 2 is 2.32 bits per heavy atom. The fourth-order valence-electron chi connectivity index (χ4n) is 3.27. The summed E-state index contributed by atoms with van der Waals surface area (Å²) in [6.07, 6.45) is 5.26. The first-order valence-corrected chi connectivity index (χ1v) is 8.37. The van der Waals surface area contributed by atoms with Gasteiger partial charge in [-0.1, -0.05) is 31.5 Å². The normalized spacial score (nSPS) is 28.9. The van der Waals surface area contributed by atoms with Gasteiger partial charge in [-0.15, -0.1) is 0 Å². The van der Waals surface area contributed by atoms with Crippen molar-refractivity contribution in [2.75, 3.05) is 13.2 Å². The van der Waals surface area contributed by atoms with Gasteiger partial charge in [-0.05, 0) is 31.3 Å². The summed E-state index contributed by atoms with van der Waals surface area (Å²) in [4.78, 5) is 19.2. The van der Waals surface area contributed by atoms with E-state index in [1.807, 2.05) is 13.0 Å². The van der Waals surface area contributed by atoms with Gasteiger partial charge < -0.3 is 15.0 Å². The largest absolute Gasteiger partial charge is 0.379 e. The third kappa shape index (κ3) is 2.68. The molecule has 3 aliphatic rings. The van der Waals surface area contributed by atoms with Crippen molar-refractivity contribution in [1.82, 2.24) is 10.2 Å². The summed E-state index contributed by atoms with van der Waals surface area (Å²) in [7, 11) is 0. The molecular weight excluding hydrogens is 302 g/mol. The Bertz CT molecular complexity index is 562. The van der Waals surface area contributed by atoms with Crippen molar-refractivity contribution in [3.63, 3.8) is 0 Å². The summed E-state index contributed by atoms with van der Waals surface area (Å²) >= 11 is 6.39. The maximum absolute atomic E-state index is 12.5. The predicted molar refractivity (Wildman–Crippen MR) is 86.6 cm³/mol. The minimum absolute atomic E-state index is 0.0377. The molecule has 2 atom stereocenters. The van der Waals surface area contributed by atoms with Crippen LogP contribution in [0.25, 0.3) is 0 Å². The summed E-state index contributed by atoms with van der Waals surface area (Å²) in [5.74, 6) is 0.825. The number of allylic oxidation sites excluding steroid dienone is 2. The van der Waals surface area contributed by atoms with Crippen LogP contribution in [-0.4, -0.2) is 41.9 Å². The van der Waals surface area contributed by atoms with Crippen molar-refractivity contribution in [3.8, 4) is 0 Å². The van der Waals surface area contributed by atoms with Crippen LogP contribution in [0.15, 0.2) is 27.5 Å². The Morgan fingerprint density at radius 1 is 1.50 bits per heavy atom. The third-order valence-corrected chi connectivity index (χ3v) is 4.89. The lowest BCUT2D eigenvalue weighted by Gasteiger charge is -2.41. The van der Waals surface area contributed by atoms with E-state index in [2.05, 4.69) is 22.1 Å². The molecule has 3 rings (SSSR count). The molecular formula is C16H22ClN3O2. The quantitative estimate of drug-likeness (QED) is 0.812. The summed E-state index contributed by atoms with van der Waals surface area (Å²) in [6, 6.07) is -0.0268. The number of rotatable bonds is 3. The van der Waals surface area contributed by atoms with Crippen molar-refractivity contribution in [2.24, 2.45) is 4.99 Å². The number of halogens is 1. The number of carbonyl (C=O) groups is 1. The number of carbonyl (C=O) groups excluding carboxylic acids is 1. The highest BCUT2D eigenvalue weighted by molar-refractivity contribution is 6.31. The standard InChI is InChI=1S/C16H22ClN3O2/c1-3-10-5-6-12-15(19-14(10)17)20(11-7-8-22-9-11)13(4-2)16(21)18-12/h6,11,13H,3-5,7-9H2,1-2H3,(H,18,21)/t11?,13-/m1/s1. The average molecular weight is 324 g/mol. The fraction of sp³-hybridized carbons (Fsp3) is 0.625. The van der Waals surface area contributed by atoms with E-state index in [9.17, 15) is 4.79 Å². The van der Waals surface area contributed by atoms with Crippen LogP contribution in [0.1, 0.15) is 39.5 Å². The second-order valence-corrected chi connectivity index (χ2v) is 6.20. The number of amides is 1. The van der Waals surface area contributed by atoms with E-state index in [1.165, 1.54) is 0 Å². The number of hydrogen-bond acceptors (Lipinski definition) is 4. The number of aliphatic imine (C=N–C) groups is 1. The van der Waals surface area contributed by atoms with Gasteiger partial charge in [-0.25, -0.2) is 4.99 Å². The van der Waals surface area contributed by atoms with Crippen LogP contribution >= 0.6 is 11.6 Å². The molecule has 1 amide bonds. The average Bonchev–Trinajstić information content (AvgIpc) is 2.98. The summed E-state index contributed by atoms with van der Waals surface area (Å²) < 4.78 is 5.53. The Balaban J connectivity index is 2.04. The third-order valence-electron chi connectivity index (χ3n) is 4.54. The van der Waals surface area contributed by atoms with Gasteiger partial charge in [0.25, 0.3) is 0 Å². The van der Waals surface area contributed by atoms with E-state index < -0.39 is 0 Å². The van der Waals surface area contributed by atoms with Crippen LogP contribution in [0.5, 0.6) is 0 Å². The van der Waals surface area contributed by atoms with Gasteiger partial charge in [0.2, 0.25) is 5.91 Å². The van der Waals surface area contributed by atoms with Crippen LogP contribution < -0.4 is 5.32 Å². The number of piperazine rings is 1. The van der Waals surface area contributed by atoms with Gasteiger partial charge in [0.1, 0.15) is 11.2 Å². The Labute approximate surface area is 136 Å². The van der Waals surface area contributed by atoms with Crippen molar-refractivity contribution >= 4 is 23.3 Å². The zero-order chi connectivity index (χ0) is 15.7. The number of hydrogen-bond donors (Lipinski definition) is 1. The zero-order valence-corrected chi connectivity index (χ0v) is 13.8. The van der Waals surface area contributed by atoms with Crippen LogP contribution in [0.3, 0.4) is 0 Å². The summed E-state index contributed by atoms with van der Waals surface area (Å²) in [5, 5.41) is 3.56. The molecule has 22 heavy (non-hydrogen) atoms. The van der Waals surface area contributed by atoms with Gasteiger partial charge in [0.15, 0.2) is 5.84 Å². The van der Waals surface area contributed by atoms with Crippen molar-refractivity contribution < 1.29 is 9.53 Å². The molecule has 1 N–H and O–H groups in total. The minimum atomic E-state index is -0.213. The molecule has 1 unspecified atom stereocenters. The molecule has 0 radical (unpaired) electrons. The molecule has 2 fully saturated rings. The maximum Gasteiger partial charge on any atom is 0.247 e. The van der Waals surface area contributed by atoms with E-state index in [0.29, 0.717) is 11.8 Å². The topological polar surface area (TPSA) is 53.9 Å². The molecule has 6 heteroatoms. The molecule has 0 aromatic heterocycles. The monoisotopic (exact) mass is 323 g/mol. The van der Waals surface area contributed by atoms with E-state index >= 15 is 0 Å². The van der Waals surface area contributed by atoms with Crippen LogP contribution in [0.2, 0.25) is 0 Å². The molecule has 0 saturated carbocycles. The molecule has 0 spiro atoms. The van der Waals surface area contributed by atoms with Gasteiger partial charge in [0.05, 0.1) is 18.3 Å². The number of nitrogens with zero attached hydrogens (tertiary/aromatic N) is 2. The van der Waals surface area contributed by atoms with Crippen molar-refractivity contribution in [3.05, 3.63) is 22.5 Å². The van der Waals surface area contributed by atoms with Crippen LogP contribution in [-0.2, 0) is 9.53 Å². The SMILES string of the molecule is CCC1=C(Cl)N=C2C(=CC1)NC(=O)[C@@H](CC)N2C1CCOC1. The summed E-state index contributed by atoms with van der Waals surface area (Å²) in [6.45, 7) is 5.46. The van der Waals surface area contributed by atoms with Crippen molar-refractivity contribution in [1.29, 1.82) is 0 Å². The lowest BCUT2D eigenvalue weighted by Crippen LogP contribution is -2.60. The van der Waals surface area contributed by atoms with E-state index in [0.717, 1.165) is 49.4 Å². The smallest absolute Gasteiger partial charge is 0.247 e. The van der Waals surface area contributed by atoms with Gasteiger partial charge in [0, 0.05) is 6.61 Å². The van der Waals surface area contributed by atoms with E-state index in [-0.39, 0.29) is 18.0 Å². The molecule has 0 aromatic carbocycles. The predicted octanol–water partition coefficient (Wildman–Crippen LogP) is 2.53. The zero-order valence-electron chi connectivity index (χ0n) is 13.1. The number of nitrogens with one attached hydrogen (secondary N) is 1. The first-order valence-electron chi connectivity index (χ1n) is 7.99. The van der Waals surface area contributed by atoms with Crippen LogP contribution in [0, 0.1) is 0 Å². The lowest BCUT2D eigenvalue weighted by molar-refractivity contribution is -0.125. The maximum atomic E-state index is 12.5. The molecule has 5 nitrogen and oxygen atoms in total. The van der Waals surface area contributed by atoms with Crippen LogP contribution in [0.4, 0.5) is 0 Å². The Morgan fingerprint density at radius 3 is 2.95 bits per heavy atom. The highest BCUT2D eigenvalue weighted by atomic mass is 35.5. The first-order chi connectivity index (χ1) is 10.7. The highest BCUT2D eigenvalue weighted by Gasteiger charge is 2.40. The van der Waals surface area contributed by atoms with Crippen molar-refractivity contribution in [2.45, 2.75) is 51.6 Å². The number of ether oxygens (including phenoxy) is 1. The first kappa shape index (κ1) is 15.6. The number of amidine groups is 1. The summed E-state index contributed by atoms with van der Waals surface area (Å²) in [5.41, 5.74) is 1.88. The molecule has 0 aromatic rings. The minimum Gasteiger partial charge on any atom is -0.379 e. The molecule has 3 aliphatic heterocycles. The molecule has 2 saturated heterocycles. The number of fused-ring (bicyclic) bond motifs is 1. The molecule has 0 aliphatic carbocycles. The van der Waals surface area contributed by atoms with Gasteiger partial charge in [-0.3, -0.25) is 4.79 Å². The Kier molecular flexibility index (Phi) is 4.54.